The lowest BCUT2D eigenvalue weighted by atomic mass is 9.63. The predicted octanol–water partition coefficient (Wildman–Crippen LogP) is 4.27. The van der Waals surface area contributed by atoms with Crippen LogP contribution in [0.15, 0.2) is 60.7 Å². The Morgan fingerprint density at radius 1 is 0.711 bits per heavy atom. The third kappa shape index (κ3) is 6.08. The molecule has 2 aromatic rings. The third-order valence-corrected chi connectivity index (χ3v) is 9.04. The van der Waals surface area contributed by atoms with Gasteiger partial charge in [0.05, 0.1) is 6.54 Å². The highest BCUT2D eigenvalue weighted by Crippen LogP contribution is 2.43. The van der Waals surface area contributed by atoms with Gasteiger partial charge < -0.3 is 9.80 Å². The summed E-state index contributed by atoms with van der Waals surface area (Å²) in [5, 5.41) is 0. The molecule has 6 heteroatoms. The first-order valence-corrected chi connectivity index (χ1v) is 14.4. The van der Waals surface area contributed by atoms with Gasteiger partial charge in [0.25, 0.3) is 0 Å². The van der Waals surface area contributed by atoms with Crippen molar-refractivity contribution < 1.29 is 14.4 Å². The van der Waals surface area contributed by atoms with Crippen LogP contribution in [-0.4, -0.2) is 85.0 Å². The van der Waals surface area contributed by atoms with Gasteiger partial charge in [-0.3, -0.25) is 19.3 Å². The van der Waals surface area contributed by atoms with E-state index >= 15 is 0 Å². The van der Waals surface area contributed by atoms with Crippen LogP contribution in [0.2, 0.25) is 0 Å². The maximum Gasteiger partial charge on any atom is 0.236 e. The summed E-state index contributed by atoms with van der Waals surface area (Å²) in [5.74, 6) is 0.0817. The monoisotopic (exact) mass is 515 g/mol. The Morgan fingerprint density at radius 2 is 1.21 bits per heavy atom. The summed E-state index contributed by atoms with van der Waals surface area (Å²) in [5.41, 5.74) is 1.41. The van der Waals surface area contributed by atoms with Gasteiger partial charge in [0.15, 0.2) is 11.6 Å². The van der Waals surface area contributed by atoms with E-state index in [1.54, 1.807) is 0 Å². The molecule has 2 heterocycles. The molecule has 2 unspecified atom stereocenters. The van der Waals surface area contributed by atoms with E-state index in [2.05, 4.69) is 16.8 Å². The molecule has 2 aromatic carbocycles. The molecular formula is C32H41N3O3. The van der Waals surface area contributed by atoms with E-state index in [-0.39, 0.29) is 41.8 Å². The Labute approximate surface area is 227 Å². The zero-order valence-electron chi connectivity index (χ0n) is 22.6. The van der Waals surface area contributed by atoms with Crippen LogP contribution in [0, 0.1) is 23.7 Å². The molecule has 0 spiro atoms. The van der Waals surface area contributed by atoms with E-state index in [1.165, 1.54) is 6.42 Å². The molecule has 2 aliphatic heterocycles. The number of hydrogen-bond acceptors (Lipinski definition) is 5. The maximum absolute atomic E-state index is 14.1. The average molecular weight is 516 g/mol. The van der Waals surface area contributed by atoms with E-state index in [1.807, 2.05) is 65.6 Å². The first-order valence-electron chi connectivity index (χ1n) is 14.4. The number of likely N-dealkylation sites (N-methyl/N-ethyl adjacent to an activating group) is 1. The molecule has 202 valence electrons. The number of piperidine rings is 1. The number of likely N-dealkylation sites (tertiary alicyclic amines) is 1. The maximum atomic E-state index is 14.1. The van der Waals surface area contributed by atoms with Crippen LogP contribution in [0.25, 0.3) is 0 Å². The van der Waals surface area contributed by atoms with Gasteiger partial charge in [-0.2, -0.15) is 0 Å². The molecule has 0 radical (unpaired) electrons. The van der Waals surface area contributed by atoms with E-state index in [0.29, 0.717) is 30.1 Å². The molecule has 0 N–H and O–H groups in total. The molecule has 3 fully saturated rings. The van der Waals surface area contributed by atoms with Crippen LogP contribution in [0.4, 0.5) is 0 Å². The summed E-state index contributed by atoms with van der Waals surface area (Å²) in [7, 11) is 2.08. The molecular weight excluding hydrogens is 474 g/mol. The van der Waals surface area contributed by atoms with Crippen molar-refractivity contribution in [2.24, 2.45) is 23.7 Å². The molecule has 38 heavy (non-hydrogen) atoms. The van der Waals surface area contributed by atoms with Crippen molar-refractivity contribution in [2.75, 3.05) is 52.9 Å². The van der Waals surface area contributed by atoms with Gasteiger partial charge in [0.1, 0.15) is 0 Å². The van der Waals surface area contributed by atoms with Crippen molar-refractivity contribution in [3.05, 3.63) is 71.8 Å². The minimum atomic E-state index is -0.299. The van der Waals surface area contributed by atoms with Crippen molar-refractivity contribution >= 4 is 17.5 Å². The van der Waals surface area contributed by atoms with Gasteiger partial charge in [-0.25, -0.2) is 0 Å². The van der Waals surface area contributed by atoms with Gasteiger partial charge in [-0.15, -0.1) is 0 Å². The van der Waals surface area contributed by atoms with Crippen molar-refractivity contribution in [1.29, 1.82) is 0 Å². The number of amides is 1. The molecule has 2 saturated heterocycles. The minimum absolute atomic E-state index is 0.00861. The van der Waals surface area contributed by atoms with Crippen LogP contribution < -0.4 is 0 Å². The van der Waals surface area contributed by atoms with Crippen molar-refractivity contribution in [2.45, 2.75) is 32.1 Å². The second-order valence-electron chi connectivity index (χ2n) is 11.5. The highest BCUT2D eigenvalue weighted by molar-refractivity contribution is 6.01. The first kappa shape index (κ1) is 26.8. The summed E-state index contributed by atoms with van der Waals surface area (Å²) in [6.45, 7) is 4.54. The van der Waals surface area contributed by atoms with E-state index < -0.39 is 0 Å². The SMILES string of the molecule is CN1CCN(C(=O)CN2CC(C(=O)c3ccccc3)C(C3CCCCC3)C(C(=O)c3ccccc3)C2)CC1. The second-order valence-corrected chi connectivity index (χ2v) is 11.5. The number of ketones is 2. The van der Waals surface area contributed by atoms with Crippen LogP contribution in [0.3, 0.4) is 0 Å². The number of nitrogens with zero attached hydrogens (tertiary/aromatic N) is 3. The molecule has 5 rings (SSSR count). The normalized spacial score (nSPS) is 25.7. The Morgan fingerprint density at radius 3 is 1.71 bits per heavy atom. The molecule has 2 atom stereocenters. The summed E-state index contributed by atoms with van der Waals surface area (Å²) >= 11 is 0. The fraction of sp³-hybridized carbons (Fsp3) is 0.531. The zero-order chi connectivity index (χ0) is 26.5. The highest BCUT2D eigenvalue weighted by atomic mass is 16.2. The Hall–Kier alpha value is -2.83. The first-order chi connectivity index (χ1) is 18.5. The smallest absolute Gasteiger partial charge is 0.236 e. The van der Waals surface area contributed by atoms with Gasteiger partial charge in [-0.1, -0.05) is 92.8 Å². The Balaban J connectivity index is 1.46. The minimum Gasteiger partial charge on any atom is -0.339 e. The average Bonchev–Trinajstić information content (AvgIpc) is 2.97. The standard InChI is InChI=1S/C32H41N3O3/c1-33-17-19-35(20-18-33)29(36)23-34-21-27(31(37)25-13-7-3-8-14-25)30(24-11-5-2-6-12-24)28(22-34)32(38)26-15-9-4-10-16-26/h3-4,7-10,13-16,24,27-28,30H,2,5-6,11-12,17-23H2,1H3. The lowest BCUT2D eigenvalue weighted by Crippen LogP contribution is -2.57. The summed E-state index contributed by atoms with van der Waals surface area (Å²) in [4.78, 5) is 47.8. The number of Topliss-reactive ketones (excluding diaryl/α,β-unsaturated/α-hetero) is 2. The van der Waals surface area contributed by atoms with E-state index in [0.717, 1.165) is 51.9 Å². The van der Waals surface area contributed by atoms with Gasteiger partial charge in [0.2, 0.25) is 5.91 Å². The number of rotatable bonds is 7. The quantitative estimate of drug-likeness (QED) is 0.516. The molecule has 0 bridgehead atoms. The van der Waals surface area contributed by atoms with E-state index in [4.69, 9.17) is 0 Å². The van der Waals surface area contributed by atoms with Crippen LogP contribution in [0.5, 0.6) is 0 Å². The van der Waals surface area contributed by atoms with Gasteiger partial charge >= 0.3 is 0 Å². The van der Waals surface area contributed by atoms with Crippen molar-refractivity contribution in [3.63, 3.8) is 0 Å². The van der Waals surface area contributed by atoms with Crippen LogP contribution in [-0.2, 0) is 4.79 Å². The van der Waals surface area contributed by atoms with Crippen molar-refractivity contribution in [1.82, 2.24) is 14.7 Å². The lowest BCUT2D eigenvalue weighted by molar-refractivity contribution is -0.135. The second kappa shape index (κ2) is 12.4. The number of hydrogen-bond donors (Lipinski definition) is 0. The number of piperazine rings is 1. The lowest BCUT2D eigenvalue weighted by Gasteiger charge is -2.47. The van der Waals surface area contributed by atoms with Crippen molar-refractivity contribution in [3.8, 4) is 0 Å². The third-order valence-electron chi connectivity index (χ3n) is 9.04. The molecule has 0 aromatic heterocycles. The van der Waals surface area contributed by atoms with Gasteiger partial charge in [-0.05, 0) is 18.9 Å². The van der Waals surface area contributed by atoms with Crippen LogP contribution >= 0.6 is 0 Å². The molecule has 3 aliphatic rings. The summed E-state index contributed by atoms with van der Waals surface area (Å²) < 4.78 is 0. The van der Waals surface area contributed by atoms with Crippen LogP contribution in [0.1, 0.15) is 52.8 Å². The zero-order valence-corrected chi connectivity index (χ0v) is 22.6. The molecule has 6 nitrogen and oxygen atoms in total. The molecule has 1 saturated carbocycles. The Kier molecular flexibility index (Phi) is 8.70. The largest absolute Gasteiger partial charge is 0.339 e. The number of benzene rings is 2. The Bertz CT molecular complexity index is 1030. The fourth-order valence-corrected chi connectivity index (χ4v) is 6.96. The fourth-order valence-electron chi connectivity index (χ4n) is 6.96. The van der Waals surface area contributed by atoms with Gasteiger partial charge in [0, 0.05) is 62.2 Å². The predicted molar refractivity (Wildman–Crippen MR) is 149 cm³/mol. The molecule has 1 amide bonds. The van der Waals surface area contributed by atoms with E-state index in [9.17, 15) is 14.4 Å². The number of carbonyl (C=O) groups excluding carboxylic acids is 3. The summed E-state index contributed by atoms with van der Waals surface area (Å²) in [6.07, 6.45) is 5.68. The topological polar surface area (TPSA) is 60.9 Å². The number of carbonyl (C=O) groups is 3. The summed E-state index contributed by atoms with van der Waals surface area (Å²) in [6, 6.07) is 19.1. The highest BCUT2D eigenvalue weighted by Gasteiger charge is 2.47. The molecule has 1 aliphatic carbocycles.